The lowest BCUT2D eigenvalue weighted by atomic mass is 10.2. The van der Waals surface area contributed by atoms with Gasteiger partial charge in [0, 0.05) is 22.8 Å². The molecule has 20 heavy (non-hydrogen) atoms. The van der Waals surface area contributed by atoms with Crippen molar-refractivity contribution in [1.82, 2.24) is 4.72 Å². The average molecular weight is 367 g/mol. The number of aliphatic hydroxyl groups excluding tert-OH is 1. The van der Waals surface area contributed by atoms with Crippen LogP contribution in [0.1, 0.15) is 19.8 Å². The highest BCUT2D eigenvalue weighted by atomic mass is 79.9. The highest BCUT2D eigenvalue weighted by Gasteiger charge is 2.23. The van der Waals surface area contributed by atoms with Crippen LogP contribution in [0.3, 0.4) is 0 Å². The van der Waals surface area contributed by atoms with Crippen LogP contribution in [0.25, 0.3) is 0 Å². The van der Waals surface area contributed by atoms with Gasteiger partial charge in [-0.25, -0.2) is 13.1 Å². The van der Waals surface area contributed by atoms with Crippen LogP contribution >= 0.6 is 15.9 Å². The minimum Gasteiger partial charge on any atom is -0.495 e. The van der Waals surface area contributed by atoms with Crippen molar-refractivity contribution in [3.63, 3.8) is 0 Å². The molecule has 1 aromatic carbocycles. The van der Waals surface area contributed by atoms with Crippen molar-refractivity contribution >= 4 is 31.6 Å². The minimum atomic E-state index is -3.76. The second-order valence-electron chi connectivity index (χ2n) is 4.26. The monoisotopic (exact) mass is 366 g/mol. The third kappa shape index (κ3) is 4.08. The molecule has 1 atom stereocenters. The van der Waals surface area contributed by atoms with Gasteiger partial charge >= 0.3 is 0 Å². The first-order valence-electron chi connectivity index (χ1n) is 6.11. The summed E-state index contributed by atoms with van der Waals surface area (Å²) in [6, 6.07) is 2.52. The summed E-state index contributed by atoms with van der Waals surface area (Å²) in [5.74, 6) is 0.206. The molecule has 1 unspecified atom stereocenters. The molecule has 0 aliphatic rings. The van der Waals surface area contributed by atoms with E-state index in [-0.39, 0.29) is 23.3 Å². The van der Waals surface area contributed by atoms with Crippen molar-refractivity contribution in [3.05, 3.63) is 16.6 Å². The molecule has 6 nitrogen and oxygen atoms in total. The highest BCUT2D eigenvalue weighted by Crippen LogP contribution is 2.32. The van der Waals surface area contributed by atoms with E-state index in [1.165, 1.54) is 19.2 Å². The van der Waals surface area contributed by atoms with Crippen LogP contribution in [0.4, 0.5) is 5.69 Å². The number of sulfonamides is 1. The van der Waals surface area contributed by atoms with Gasteiger partial charge in [0.25, 0.3) is 0 Å². The molecule has 0 aromatic heterocycles. The Morgan fingerprint density at radius 1 is 1.50 bits per heavy atom. The summed E-state index contributed by atoms with van der Waals surface area (Å²) in [7, 11) is -2.37. The molecule has 0 spiro atoms. The molecule has 1 aromatic rings. The van der Waals surface area contributed by atoms with Gasteiger partial charge in [0.2, 0.25) is 10.0 Å². The molecule has 0 bridgehead atoms. The summed E-state index contributed by atoms with van der Waals surface area (Å²) < 4.78 is 32.9. The summed E-state index contributed by atoms with van der Waals surface area (Å²) in [6.45, 7) is 1.76. The van der Waals surface area contributed by atoms with Crippen molar-refractivity contribution in [2.75, 3.05) is 19.5 Å². The van der Waals surface area contributed by atoms with Crippen LogP contribution in [-0.2, 0) is 10.0 Å². The number of hydrogen-bond acceptors (Lipinski definition) is 5. The van der Waals surface area contributed by atoms with Crippen LogP contribution in [0, 0.1) is 0 Å². The van der Waals surface area contributed by atoms with Crippen molar-refractivity contribution < 1.29 is 18.3 Å². The third-order valence-corrected chi connectivity index (χ3v) is 5.09. The number of rotatable bonds is 7. The smallest absolute Gasteiger partial charge is 0.244 e. The number of benzene rings is 1. The summed E-state index contributed by atoms with van der Waals surface area (Å²) in [6.07, 6.45) is 0.929. The maximum atomic E-state index is 12.4. The van der Waals surface area contributed by atoms with Crippen LogP contribution in [0.2, 0.25) is 0 Å². The van der Waals surface area contributed by atoms with Gasteiger partial charge in [-0.2, -0.15) is 0 Å². The average Bonchev–Trinajstić information content (AvgIpc) is 2.40. The van der Waals surface area contributed by atoms with Gasteiger partial charge in [0.15, 0.2) is 0 Å². The first-order chi connectivity index (χ1) is 9.35. The van der Waals surface area contributed by atoms with Gasteiger partial charge in [-0.15, -0.1) is 0 Å². The van der Waals surface area contributed by atoms with Crippen LogP contribution in [0.15, 0.2) is 21.5 Å². The summed E-state index contributed by atoms with van der Waals surface area (Å²) in [5.41, 5.74) is 6.04. The molecule has 0 saturated carbocycles. The number of halogens is 1. The molecule has 0 heterocycles. The Morgan fingerprint density at radius 2 is 2.15 bits per heavy atom. The number of anilines is 1. The van der Waals surface area contributed by atoms with E-state index in [0.29, 0.717) is 23.0 Å². The molecule has 1 rings (SSSR count). The largest absolute Gasteiger partial charge is 0.495 e. The topological polar surface area (TPSA) is 102 Å². The second-order valence-corrected chi connectivity index (χ2v) is 6.80. The zero-order valence-electron chi connectivity index (χ0n) is 11.4. The molecule has 114 valence electrons. The minimum absolute atomic E-state index is 0.0166. The zero-order valence-corrected chi connectivity index (χ0v) is 13.8. The Morgan fingerprint density at radius 3 is 2.65 bits per heavy atom. The van der Waals surface area contributed by atoms with Crippen LogP contribution in [0.5, 0.6) is 5.75 Å². The molecule has 4 N–H and O–H groups in total. The fraction of sp³-hybridized carbons (Fsp3) is 0.500. The molecule has 0 aliphatic carbocycles. The fourth-order valence-electron chi connectivity index (χ4n) is 1.71. The van der Waals surface area contributed by atoms with Crippen molar-refractivity contribution in [1.29, 1.82) is 0 Å². The van der Waals surface area contributed by atoms with E-state index in [1.54, 1.807) is 0 Å². The number of nitrogen functional groups attached to an aromatic ring is 1. The predicted octanol–water partition coefficient (Wildman–Crippen LogP) is 1.48. The van der Waals surface area contributed by atoms with Crippen molar-refractivity contribution in [2.45, 2.75) is 30.7 Å². The Kier molecular flexibility index (Phi) is 6.25. The van der Waals surface area contributed by atoms with Crippen LogP contribution < -0.4 is 15.2 Å². The van der Waals surface area contributed by atoms with Crippen molar-refractivity contribution in [2.24, 2.45) is 0 Å². The Labute approximate surface area is 127 Å². The molecular weight excluding hydrogens is 348 g/mol. The molecular formula is C12H19BrN2O4S. The second kappa shape index (κ2) is 7.26. The van der Waals surface area contributed by atoms with E-state index in [9.17, 15) is 8.42 Å². The maximum absolute atomic E-state index is 12.4. The fourth-order valence-corrected chi connectivity index (χ4v) is 3.57. The molecule has 8 heteroatoms. The van der Waals surface area contributed by atoms with Gasteiger partial charge in [-0.1, -0.05) is 6.92 Å². The molecule has 0 aliphatic heterocycles. The zero-order chi connectivity index (χ0) is 15.3. The van der Waals surface area contributed by atoms with E-state index >= 15 is 0 Å². The van der Waals surface area contributed by atoms with Gasteiger partial charge in [0.1, 0.15) is 10.6 Å². The Balaban J connectivity index is 3.17. The normalized spacial score (nSPS) is 13.2. The molecule has 0 amide bonds. The SMILES string of the molecule is CCC(CCO)NS(=O)(=O)c1cc(N)c(Br)cc1OC. The first kappa shape index (κ1) is 17.2. The van der Waals surface area contributed by atoms with Gasteiger partial charge in [-0.05, 0) is 40.9 Å². The van der Waals surface area contributed by atoms with E-state index in [2.05, 4.69) is 20.7 Å². The first-order valence-corrected chi connectivity index (χ1v) is 8.39. The molecule has 0 radical (unpaired) electrons. The lowest BCUT2D eigenvalue weighted by Gasteiger charge is -2.18. The number of nitrogens with two attached hydrogens (primary N) is 1. The Bertz CT molecular complexity index is 563. The lowest BCUT2D eigenvalue weighted by molar-refractivity contribution is 0.270. The number of nitrogens with one attached hydrogen (secondary N) is 1. The van der Waals surface area contributed by atoms with E-state index in [4.69, 9.17) is 15.6 Å². The van der Waals surface area contributed by atoms with Crippen molar-refractivity contribution in [3.8, 4) is 5.75 Å². The van der Waals surface area contributed by atoms with E-state index < -0.39 is 10.0 Å². The van der Waals surface area contributed by atoms with Gasteiger partial charge in [-0.3, -0.25) is 0 Å². The van der Waals surface area contributed by atoms with E-state index in [1.807, 2.05) is 6.92 Å². The number of ether oxygens (including phenoxy) is 1. The molecule has 0 fully saturated rings. The Hall–Kier alpha value is -0.830. The van der Waals surface area contributed by atoms with Gasteiger partial charge < -0.3 is 15.6 Å². The van der Waals surface area contributed by atoms with Gasteiger partial charge in [0.05, 0.1) is 7.11 Å². The third-order valence-electron chi connectivity index (χ3n) is 2.86. The number of hydrogen-bond donors (Lipinski definition) is 3. The summed E-state index contributed by atoms with van der Waals surface area (Å²) in [4.78, 5) is -0.0166. The summed E-state index contributed by atoms with van der Waals surface area (Å²) in [5, 5.41) is 8.93. The summed E-state index contributed by atoms with van der Waals surface area (Å²) >= 11 is 3.22. The lowest BCUT2D eigenvalue weighted by Crippen LogP contribution is -2.35. The highest BCUT2D eigenvalue weighted by molar-refractivity contribution is 9.10. The maximum Gasteiger partial charge on any atom is 0.244 e. The standard InChI is InChI=1S/C12H19BrN2O4S/c1-3-8(4-5-16)15-20(17,18)12-7-10(14)9(13)6-11(12)19-2/h6-8,15-16H,3-5,14H2,1-2H3. The predicted molar refractivity (Wildman–Crippen MR) is 81.2 cm³/mol. The van der Waals surface area contributed by atoms with E-state index in [0.717, 1.165) is 0 Å². The molecule has 0 saturated heterocycles. The number of methoxy groups -OCH3 is 1. The quantitative estimate of drug-likeness (QED) is 0.634. The van der Waals surface area contributed by atoms with Crippen LogP contribution in [-0.4, -0.2) is 33.3 Å². The number of aliphatic hydroxyl groups is 1.